The summed E-state index contributed by atoms with van der Waals surface area (Å²) in [5.41, 5.74) is 0. The number of hydrogen-bond acceptors (Lipinski definition) is 6. The molecular formula is C77H132O6. The fourth-order valence-electron chi connectivity index (χ4n) is 9.94. The van der Waals surface area contributed by atoms with Crippen molar-refractivity contribution in [1.29, 1.82) is 0 Å². The fourth-order valence-corrected chi connectivity index (χ4v) is 9.94. The number of rotatable bonds is 64. The van der Waals surface area contributed by atoms with E-state index in [2.05, 4.69) is 130 Å². The van der Waals surface area contributed by atoms with E-state index in [0.717, 1.165) is 96.3 Å². The highest BCUT2D eigenvalue weighted by Gasteiger charge is 2.19. The minimum atomic E-state index is -0.808. The van der Waals surface area contributed by atoms with Gasteiger partial charge in [0.2, 0.25) is 0 Å². The summed E-state index contributed by atoms with van der Waals surface area (Å²) in [5.74, 6) is -0.933. The molecular weight excluding hydrogens is 1020 g/mol. The van der Waals surface area contributed by atoms with Crippen molar-refractivity contribution >= 4 is 17.9 Å². The molecule has 1 unspecified atom stereocenters. The Morgan fingerprint density at radius 2 is 0.470 bits per heavy atom. The predicted octanol–water partition coefficient (Wildman–Crippen LogP) is 24.6. The Morgan fingerprint density at radius 1 is 0.253 bits per heavy atom. The first kappa shape index (κ1) is 79.1. The number of ether oxygens (including phenoxy) is 3. The quantitative estimate of drug-likeness (QED) is 0.0261. The van der Waals surface area contributed by atoms with Gasteiger partial charge in [0.25, 0.3) is 0 Å². The van der Waals surface area contributed by atoms with Crippen molar-refractivity contribution in [2.45, 2.75) is 348 Å². The summed E-state index contributed by atoms with van der Waals surface area (Å²) in [7, 11) is 0. The first-order chi connectivity index (χ1) is 41.0. The Balaban J connectivity index is 4.45. The summed E-state index contributed by atoms with van der Waals surface area (Å²) in [6.45, 7) is 6.52. The largest absolute Gasteiger partial charge is 0.462 e. The maximum atomic E-state index is 13.0. The minimum absolute atomic E-state index is 0.0971. The van der Waals surface area contributed by atoms with E-state index in [1.54, 1.807) is 0 Å². The third-order valence-electron chi connectivity index (χ3n) is 15.2. The van der Waals surface area contributed by atoms with Crippen LogP contribution in [0.4, 0.5) is 0 Å². The van der Waals surface area contributed by atoms with Crippen molar-refractivity contribution in [1.82, 2.24) is 0 Å². The van der Waals surface area contributed by atoms with Gasteiger partial charge >= 0.3 is 17.9 Å². The lowest BCUT2D eigenvalue weighted by molar-refractivity contribution is -0.167. The molecule has 83 heavy (non-hydrogen) atoms. The Kier molecular flexibility index (Phi) is 67.2. The van der Waals surface area contributed by atoms with Crippen LogP contribution in [0.25, 0.3) is 0 Å². The molecule has 0 aromatic carbocycles. The van der Waals surface area contributed by atoms with Crippen LogP contribution in [-0.4, -0.2) is 37.2 Å². The number of carbonyl (C=O) groups is 3. The maximum Gasteiger partial charge on any atom is 0.306 e. The smallest absolute Gasteiger partial charge is 0.306 e. The molecule has 0 heterocycles. The van der Waals surface area contributed by atoms with Gasteiger partial charge < -0.3 is 14.2 Å². The zero-order valence-electron chi connectivity index (χ0n) is 54.7. The van der Waals surface area contributed by atoms with Gasteiger partial charge in [0, 0.05) is 19.3 Å². The van der Waals surface area contributed by atoms with Gasteiger partial charge in [-0.05, 0) is 128 Å². The van der Waals surface area contributed by atoms with Crippen molar-refractivity contribution in [3.63, 3.8) is 0 Å². The number of carbonyl (C=O) groups excluding carboxylic acids is 3. The topological polar surface area (TPSA) is 78.9 Å². The molecule has 6 nitrogen and oxygen atoms in total. The van der Waals surface area contributed by atoms with E-state index in [0.29, 0.717) is 19.3 Å². The van der Waals surface area contributed by atoms with E-state index < -0.39 is 6.10 Å². The molecule has 0 saturated carbocycles. The molecule has 0 radical (unpaired) electrons. The van der Waals surface area contributed by atoms with E-state index >= 15 is 0 Å². The van der Waals surface area contributed by atoms with E-state index in [9.17, 15) is 14.4 Å². The molecule has 0 spiro atoms. The highest BCUT2D eigenvalue weighted by atomic mass is 16.6. The summed E-state index contributed by atoms with van der Waals surface area (Å²) < 4.78 is 17.0. The zero-order chi connectivity index (χ0) is 59.9. The third kappa shape index (κ3) is 68.7. The molecule has 0 bridgehead atoms. The molecule has 0 saturated heterocycles. The Hall–Kier alpha value is -3.93. The lowest BCUT2D eigenvalue weighted by Crippen LogP contribution is -2.30. The van der Waals surface area contributed by atoms with E-state index in [1.165, 1.54) is 199 Å². The van der Waals surface area contributed by atoms with Crippen LogP contribution in [0.5, 0.6) is 0 Å². The number of unbranched alkanes of at least 4 members (excludes halogenated alkanes) is 35. The zero-order valence-corrected chi connectivity index (χ0v) is 54.7. The Labute approximate surface area is 514 Å². The van der Waals surface area contributed by atoms with Gasteiger partial charge in [0.1, 0.15) is 13.2 Å². The van der Waals surface area contributed by atoms with Gasteiger partial charge in [0.05, 0.1) is 0 Å². The second-order valence-electron chi connectivity index (χ2n) is 23.4. The highest BCUT2D eigenvalue weighted by Crippen LogP contribution is 2.17. The van der Waals surface area contributed by atoms with Crippen molar-refractivity contribution in [3.8, 4) is 0 Å². The molecule has 0 aliphatic carbocycles. The molecule has 476 valence electrons. The predicted molar refractivity (Wildman–Crippen MR) is 362 cm³/mol. The fraction of sp³-hybridized carbons (Fsp3) is 0.727. The van der Waals surface area contributed by atoms with Crippen LogP contribution in [0.3, 0.4) is 0 Å². The lowest BCUT2D eigenvalue weighted by Gasteiger charge is -2.18. The number of hydrogen-bond donors (Lipinski definition) is 0. The van der Waals surface area contributed by atoms with E-state index in [1.807, 2.05) is 0 Å². The standard InChI is InChI=1S/C77H132O6/c1-4-7-10-13-16-19-22-25-28-31-34-37-38-41-43-46-49-52-55-58-61-64-67-70-76(79)82-73-74(83-77(80)71-68-65-62-59-56-53-50-47-44-40-36-33-30-27-24-21-18-15-12-9-6-3)72-81-75(78)69-66-63-60-57-54-51-48-45-42-39-35-32-29-26-23-20-17-14-11-8-5-2/h9,12,18,21,23,26-27,30-32,34-36,40,47,50,56,59,74H,4-8,10-11,13-17,19-20,22,24-25,28-29,33,37-39,41-46,48-49,51-55,57-58,60-73H2,1-3H3/b12-9-,21-18-,26-23-,30-27-,34-31-,35-32-,40-36-,50-47-,59-56-. The van der Waals surface area contributed by atoms with Crippen molar-refractivity contribution in [2.24, 2.45) is 0 Å². The minimum Gasteiger partial charge on any atom is -0.462 e. The summed E-state index contributed by atoms with van der Waals surface area (Å²) >= 11 is 0. The van der Waals surface area contributed by atoms with Crippen LogP contribution in [0.2, 0.25) is 0 Å². The monoisotopic (exact) mass is 1150 g/mol. The number of esters is 3. The summed E-state index contributed by atoms with van der Waals surface area (Å²) in [6, 6.07) is 0. The molecule has 0 rings (SSSR count). The average Bonchev–Trinajstić information content (AvgIpc) is 3.49. The van der Waals surface area contributed by atoms with Crippen LogP contribution in [0.15, 0.2) is 109 Å². The molecule has 0 amide bonds. The highest BCUT2D eigenvalue weighted by molar-refractivity contribution is 5.71. The molecule has 0 aliphatic heterocycles. The Morgan fingerprint density at radius 3 is 0.771 bits per heavy atom. The second-order valence-corrected chi connectivity index (χ2v) is 23.4. The molecule has 6 heteroatoms. The van der Waals surface area contributed by atoms with Gasteiger partial charge in [-0.2, -0.15) is 0 Å². The van der Waals surface area contributed by atoms with Crippen LogP contribution >= 0.6 is 0 Å². The number of allylic oxidation sites excluding steroid dienone is 18. The van der Waals surface area contributed by atoms with Crippen molar-refractivity contribution in [3.05, 3.63) is 109 Å². The SMILES string of the molecule is CC/C=C\C/C=C\C/C=C\C/C=C\C/C=C\C/C=C\CCCCC(=O)OC(COC(=O)CCCCCCCCCCC/C=C\C/C=C\CCCCCCC)COC(=O)CCCCCCCCCCCCC/C=C\CCCCCCCCCC. The summed E-state index contributed by atoms with van der Waals surface area (Å²) in [5, 5.41) is 0. The van der Waals surface area contributed by atoms with Gasteiger partial charge in [-0.15, -0.1) is 0 Å². The van der Waals surface area contributed by atoms with Crippen LogP contribution in [-0.2, 0) is 28.6 Å². The molecule has 0 aromatic heterocycles. The first-order valence-electron chi connectivity index (χ1n) is 35.4. The van der Waals surface area contributed by atoms with Crippen molar-refractivity contribution in [2.75, 3.05) is 13.2 Å². The second kappa shape index (κ2) is 70.6. The van der Waals surface area contributed by atoms with Crippen molar-refractivity contribution < 1.29 is 28.6 Å². The van der Waals surface area contributed by atoms with Gasteiger partial charge in [-0.25, -0.2) is 0 Å². The average molecular weight is 1150 g/mol. The van der Waals surface area contributed by atoms with Gasteiger partial charge in [0.15, 0.2) is 6.10 Å². The molecule has 0 fully saturated rings. The maximum absolute atomic E-state index is 13.0. The first-order valence-corrected chi connectivity index (χ1v) is 35.4. The van der Waals surface area contributed by atoms with Gasteiger partial charge in [-0.3, -0.25) is 14.4 Å². The normalized spacial score (nSPS) is 12.8. The molecule has 1 atom stereocenters. The van der Waals surface area contributed by atoms with Crippen LogP contribution in [0, 0.1) is 0 Å². The summed E-state index contributed by atoms with van der Waals surface area (Å²) in [4.78, 5) is 38.5. The van der Waals surface area contributed by atoms with E-state index in [-0.39, 0.29) is 37.5 Å². The lowest BCUT2D eigenvalue weighted by atomic mass is 10.0. The summed E-state index contributed by atoms with van der Waals surface area (Å²) in [6.07, 6.45) is 96.8. The molecule has 0 N–H and O–H groups in total. The van der Waals surface area contributed by atoms with Crippen LogP contribution in [0.1, 0.15) is 342 Å². The molecule has 0 aromatic rings. The third-order valence-corrected chi connectivity index (χ3v) is 15.2. The van der Waals surface area contributed by atoms with E-state index in [4.69, 9.17) is 14.2 Å². The Bertz CT molecular complexity index is 1660. The van der Waals surface area contributed by atoms with Crippen LogP contribution < -0.4 is 0 Å². The van der Waals surface area contributed by atoms with Gasteiger partial charge in [-0.1, -0.05) is 304 Å². The molecule has 0 aliphatic rings.